The minimum Gasteiger partial charge on any atom is -0.369 e. The van der Waals surface area contributed by atoms with E-state index in [1.165, 1.54) is 12.8 Å². The number of para-hydroxylation sites is 1. The van der Waals surface area contributed by atoms with E-state index < -0.39 is 10.0 Å². The van der Waals surface area contributed by atoms with Gasteiger partial charge in [0, 0.05) is 19.1 Å². The van der Waals surface area contributed by atoms with Crippen LogP contribution in [0, 0.1) is 5.92 Å². The molecule has 0 spiro atoms. The lowest BCUT2D eigenvalue weighted by atomic mass is 9.94. The Balaban J connectivity index is 1.91. The number of anilines is 1. The first-order valence-electron chi connectivity index (χ1n) is 6.66. The van der Waals surface area contributed by atoms with Crippen LogP contribution in [0.4, 0.5) is 5.69 Å². The standard InChI is InChI=1S/C13H19N3O2S/c14-19(17,18)13-6-2-1-5-12(13)16-8-10-4-3-7-15-11(10)9-16/h1-2,5-6,10-11,15H,3-4,7-9H2,(H2,14,17,18). The van der Waals surface area contributed by atoms with Gasteiger partial charge < -0.3 is 10.2 Å². The summed E-state index contributed by atoms with van der Waals surface area (Å²) in [5.41, 5.74) is 0.737. The lowest BCUT2D eigenvalue weighted by molar-refractivity contribution is 0.340. The van der Waals surface area contributed by atoms with Gasteiger partial charge in [-0.2, -0.15) is 0 Å². The molecule has 6 heteroatoms. The molecule has 3 rings (SSSR count). The van der Waals surface area contributed by atoms with Crippen molar-refractivity contribution in [2.75, 3.05) is 24.5 Å². The quantitative estimate of drug-likeness (QED) is 0.829. The molecule has 0 saturated carbocycles. The number of hydrogen-bond donors (Lipinski definition) is 2. The monoisotopic (exact) mass is 281 g/mol. The average molecular weight is 281 g/mol. The number of hydrogen-bond acceptors (Lipinski definition) is 4. The van der Waals surface area contributed by atoms with Crippen molar-refractivity contribution < 1.29 is 8.42 Å². The molecule has 2 aliphatic rings. The van der Waals surface area contributed by atoms with Crippen LogP contribution in [0.5, 0.6) is 0 Å². The second-order valence-corrected chi connectivity index (χ2v) is 6.91. The highest BCUT2D eigenvalue weighted by Gasteiger charge is 2.35. The lowest BCUT2D eigenvalue weighted by Crippen LogP contribution is -2.40. The van der Waals surface area contributed by atoms with Crippen LogP contribution in [0.1, 0.15) is 12.8 Å². The molecule has 2 aliphatic heterocycles. The zero-order chi connectivity index (χ0) is 13.5. The minimum atomic E-state index is -3.67. The smallest absolute Gasteiger partial charge is 0.240 e. The van der Waals surface area contributed by atoms with E-state index in [1.807, 2.05) is 12.1 Å². The van der Waals surface area contributed by atoms with Gasteiger partial charge in [-0.3, -0.25) is 0 Å². The van der Waals surface area contributed by atoms with Crippen LogP contribution in [0.25, 0.3) is 0 Å². The Morgan fingerprint density at radius 3 is 2.79 bits per heavy atom. The maximum atomic E-state index is 11.7. The van der Waals surface area contributed by atoms with E-state index in [2.05, 4.69) is 10.2 Å². The SMILES string of the molecule is NS(=O)(=O)c1ccccc1N1CC2CCCNC2C1. The third kappa shape index (κ3) is 2.48. The van der Waals surface area contributed by atoms with E-state index in [-0.39, 0.29) is 4.90 Å². The summed E-state index contributed by atoms with van der Waals surface area (Å²) < 4.78 is 23.3. The van der Waals surface area contributed by atoms with Crippen molar-refractivity contribution in [3.05, 3.63) is 24.3 Å². The maximum Gasteiger partial charge on any atom is 0.240 e. The molecule has 19 heavy (non-hydrogen) atoms. The molecule has 2 heterocycles. The molecule has 1 aromatic carbocycles. The van der Waals surface area contributed by atoms with Crippen molar-refractivity contribution in [2.45, 2.75) is 23.8 Å². The molecule has 2 saturated heterocycles. The van der Waals surface area contributed by atoms with Gasteiger partial charge in [-0.15, -0.1) is 0 Å². The first-order chi connectivity index (χ1) is 9.05. The van der Waals surface area contributed by atoms with Gasteiger partial charge in [0.05, 0.1) is 5.69 Å². The van der Waals surface area contributed by atoms with Crippen LogP contribution in [0.2, 0.25) is 0 Å². The highest BCUT2D eigenvalue weighted by atomic mass is 32.2. The van der Waals surface area contributed by atoms with Gasteiger partial charge in [-0.1, -0.05) is 12.1 Å². The zero-order valence-corrected chi connectivity index (χ0v) is 11.6. The van der Waals surface area contributed by atoms with Crippen molar-refractivity contribution in [1.29, 1.82) is 0 Å². The third-order valence-electron chi connectivity index (χ3n) is 4.11. The van der Waals surface area contributed by atoms with Crippen molar-refractivity contribution in [2.24, 2.45) is 11.1 Å². The molecule has 0 aromatic heterocycles. The van der Waals surface area contributed by atoms with Gasteiger partial charge >= 0.3 is 0 Å². The second-order valence-electron chi connectivity index (χ2n) is 5.38. The Kier molecular flexibility index (Phi) is 3.24. The van der Waals surface area contributed by atoms with Gasteiger partial charge in [-0.05, 0) is 37.4 Å². The molecule has 5 nitrogen and oxygen atoms in total. The van der Waals surface area contributed by atoms with Crippen LogP contribution in [-0.2, 0) is 10.0 Å². The average Bonchev–Trinajstić information content (AvgIpc) is 2.81. The van der Waals surface area contributed by atoms with Gasteiger partial charge in [0.2, 0.25) is 10.0 Å². The van der Waals surface area contributed by atoms with Gasteiger partial charge in [0.1, 0.15) is 4.90 Å². The van der Waals surface area contributed by atoms with Gasteiger partial charge in [0.15, 0.2) is 0 Å². The molecule has 0 bridgehead atoms. The van der Waals surface area contributed by atoms with Crippen molar-refractivity contribution in [3.63, 3.8) is 0 Å². The highest BCUT2D eigenvalue weighted by Crippen LogP contribution is 2.32. The molecule has 0 amide bonds. The topological polar surface area (TPSA) is 75.4 Å². The van der Waals surface area contributed by atoms with Gasteiger partial charge in [-0.25, -0.2) is 13.6 Å². The fourth-order valence-electron chi connectivity index (χ4n) is 3.20. The molecule has 3 N–H and O–H groups in total. The predicted molar refractivity (Wildman–Crippen MR) is 74.5 cm³/mol. The minimum absolute atomic E-state index is 0.230. The number of nitrogens with zero attached hydrogens (tertiary/aromatic N) is 1. The van der Waals surface area contributed by atoms with Crippen molar-refractivity contribution in [3.8, 4) is 0 Å². The Labute approximate surface area is 113 Å². The maximum absolute atomic E-state index is 11.7. The Morgan fingerprint density at radius 2 is 2.05 bits per heavy atom. The summed E-state index contributed by atoms with van der Waals surface area (Å²) in [7, 11) is -3.67. The van der Waals surface area contributed by atoms with E-state index in [1.54, 1.807) is 12.1 Å². The number of sulfonamides is 1. The van der Waals surface area contributed by atoms with E-state index in [0.29, 0.717) is 12.0 Å². The van der Waals surface area contributed by atoms with Crippen LogP contribution in [0.15, 0.2) is 29.2 Å². The lowest BCUT2D eigenvalue weighted by Gasteiger charge is -2.24. The zero-order valence-electron chi connectivity index (χ0n) is 10.7. The van der Waals surface area contributed by atoms with Crippen LogP contribution >= 0.6 is 0 Å². The molecule has 2 fully saturated rings. The van der Waals surface area contributed by atoms with Crippen LogP contribution in [0.3, 0.4) is 0 Å². The van der Waals surface area contributed by atoms with E-state index in [4.69, 9.17) is 5.14 Å². The summed E-state index contributed by atoms with van der Waals surface area (Å²) in [6.07, 6.45) is 2.41. The Morgan fingerprint density at radius 1 is 1.26 bits per heavy atom. The summed E-state index contributed by atoms with van der Waals surface area (Å²) in [6.45, 7) is 2.83. The Hall–Kier alpha value is -1.11. The molecular formula is C13H19N3O2S. The van der Waals surface area contributed by atoms with Crippen LogP contribution in [-0.4, -0.2) is 34.1 Å². The van der Waals surface area contributed by atoms with E-state index in [0.717, 1.165) is 25.3 Å². The summed E-state index contributed by atoms with van der Waals surface area (Å²) in [5.74, 6) is 0.613. The molecular weight excluding hydrogens is 262 g/mol. The van der Waals surface area contributed by atoms with E-state index in [9.17, 15) is 8.42 Å². The fourth-order valence-corrected chi connectivity index (χ4v) is 3.96. The number of rotatable bonds is 2. The molecule has 1 aromatic rings. The first-order valence-corrected chi connectivity index (χ1v) is 8.20. The summed E-state index contributed by atoms with van der Waals surface area (Å²) in [5, 5.41) is 8.82. The molecule has 0 radical (unpaired) electrons. The number of benzene rings is 1. The molecule has 2 atom stereocenters. The summed E-state index contributed by atoms with van der Waals surface area (Å²) in [6, 6.07) is 7.48. The molecule has 2 unspecified atom stereocenters. The Bertz CT molecular complexity index is 559. The largest absolute Gasteiger partial charge is 0.369 e. The highest BCUT2D eigenvalue weighted by molar-refractivity contribution is 7.89. The number of piperidine rings is 1. The van der Waals surface area contributed by atoms with Gasteiger partial charge in [0.25, 0.3) is 0 Å². The summed E-state index contributed by atoms with van der Waals surface area (Å²) >= 11 is 0. The number of nitrogens with two attached hydrogens (primary N) is 1. The van der Waals surface area contributed by atoms with Crippen molar-refractivity contribution in [1.82, 2.24) is 5.32 Å². The second kappa shape index (κ2) is 4.77. The molecule has 104 valence electrons. The van der Waals surface area contributed by atoms with E-state index >= 15 is 0 Å². The molecule has 0 aliphatic carbocycles. The number of fused-ring (bicyclic) bond motifs is 1. The van der Waals surface area contributed by atoms with Crippen LogP contribution < -0.4 is 15.4 Å². The number of primary sulfonamides is 1. The number of nitrogens with one attached hydrogen (secondary N) is 1. The summed E-state index contributed by atoms with van der Waals surface area (Å²) in [4.78, 5) is 2.38. The predicted octanol–water partition coefficient (Wildman–Crippen LogP) is 0.522. The normalized spacial score (nSPS) is 27.3. The fraction of sp³-hybridized carbons (Fsp3) is 0.538. The third-order valence-corrected chi connectivity index (χ3v) is 5.07. The first kappa shape index (κ1) is 12.9. The van der Waals surface area contributed by atoms with Crippen molar-refractivity contribution >= 4 is 15.7 Å².